The average Bonchev–Trinajstić information content (AvgIpc) is 2.46. The van der Waals surface area contributed by atoms with Gasteiger partial charge in [-0.3, -0.25) is 9.36 Å². The third-order valence-electron chi connectivity index (χ3n) is 1.80. The van der Waals surface area contributed by atoms with Crippen molar-refractivity contribution in [3.8, 4) is 0 Å². The molecule has 1 heterocycles. The molecule has 0 saturated carbocycles. The first-order chi connectivity index (χ1) is 5.81. The minimum Gasteiger partial charge on any atom is -0.290 e. The van der Waals surface area contributed by atoms with Gasteiger partial charge < -0.3 is 0 Å². The number of hydrogen-bond donors (Lipinski definition) is 0. The summed E-state index contributed by atoms with van der Waals surface area (Å²) < 4.78 is 2.58. The second-order valence-corrected chi connectivity index (χ2v) is 3.45. The third kappa shape index (κ3) is 1.06. The molecule has 1 aromatic heterocycles. The summed E-state index contributed by atoms with van der Waals surface area (Å²) in [4.78, 5) is 10.5. The highest BCUT2D eigenvalue weighted by molar-refractivity contribution is 9.10. The fourth-order valence-corrected chi connectivity index (χ4v) is 1.61. The highest BCUT2D eigenvalue weighted by Gasteiger charge is 1.98. The molecule has 0 aliphatic heterocycles. The lowest BCUT2D eigenvalue weighted by Crippen LogP contribution is -1.89. The Labute approximate surface area is 77.9 Å². The highest BCUT2D eigenvalue weighted by atomic mass is 79.9. The summed E-state index contributed by atoms with van der Waals surface area (Å²) in [6, 6.07) is 7.72. The Morgan fingerprint density at radius 2 is 2.17 bits per heavy atom. The molecule has 2 aromatic rings. The van der Waals surface area contributed by atoms with Gasteiger partial charge in [0.25, 0.3) is 0 Å². The fraction of sp³-hybridized carbons (Fsp3) is 0. The Bertz CT molecular complexity index is 433. The largest absolute Gasteiger partial charge is 0.290 e. The Morgan fingerprint density at radius 3 is 2.92 bits per heavy atom. The Kier molecular flexibility index (Phi) is 1.73. The van der Waals surface area contributed by atoms with Crippen molar-refractivity contribution in [2.24, 2.45) is 0 Å². The lowest BCUT2D eigenvalue weighted by molar-refractivity contribution is 0.549. The second-order valence-electron chi connectivity index (χ2n) is 2.53. The normalized spacial score (nSPS) is 10.4. The molecule has 2 nitrogen and oxygen atoms in total. The number of carbonyl (C=O) groups excluding carboxylic acids is 1. The molecule has 0 fully saturated rings. The topological polar surface area (TPSA) is 22.0 Å². The number of aromatic nitrogens is 1. The summed E-state index contributed by atoms with van der Waals surface area (Å²) in [7, 11) is 0. The zero-order valence-corrected chi connectivity index (χ0v) is 7.78. The van der Waals surface area contributed by atoms with E-state index in [1.807, 2.05) is 24.3 Å². The van der Waals surface area contributed by atoms with Gasteiger partial charge in [0.2, 0.25) is 6.41 Å². The number of rotatable bonds is 1. The van der Waals surface area contributed by atoms with Gasteiger partial charge in [0.1, 0.15) is 0 Å². The number of benzene rings is 1. The molecule has 1 aromatic carbocycles. The van der Waals surface area contributed by atoms with Crippen LogP contribution in [0.15, 0.2) is 34.9 Å². The predicted octanol–water partition coefficient (Wildman–Crippen LogP) is 2.44. The molecule has 0 amide bonds. The summed E-state index contributed by atoms with van der Waals surface area (Å²) in [5.74, 6) is 0. The molecule has 0 aliphatic rings. The zero-order valence-electron chi connectivity index (χ0n) is 6.20. The molecular weight excluding hydrogens is 218 g/mol. The minimum absolute atomic E-state index is 0.802. The van der Waals surface area contributed by atoms with Crippen LogP contribution < -0.4 is 0 Å². The molecule has 12 heavy (non-hydrogen) atoms. The third-order valence-corrected chi connectivity index (χ3v) is 2.29. The van der Waals surface area contributed by atoms with Crippen molar-refractivity contribution in [2.45, 2.75) is 0 Å². The molecule has 3 heteroatoms. The van der Waals surface area contributed by atoms with E-state index in [9.17, 15) is 4.79 Å². The van der Waals surface area contributed by atoms with Crippen LogP contribution in [0.25, 0.3) is 10.9 Å². The molecule has 0 radical (unpaired) electrons. The molecule has 0 atom stereocenters. The maximum absolute atomic E-state index is 10.5. The van der Waals surface area contributed by atoms with Crippen LogP contribution in [-0.4, -0.2) is 11.0 Å². The van der Waals surface area contributed by atoms with Gasteiger partial charge in [0, 0.05) is 16.1 Å². The van der Waals surface area contributed by atoms with Crippen LogP contribution in [0.5, 0.6) is 0 Å². The summed E-state index contributed by atoms with van der Waals surface area (Å²) in [6.07, 6.45) is 2.56. The van der Waals surface area contributed by atoms with Crippen molar-refractivity contribution in [3.63, 3.8) is 0 Å². The van der Waals surface area contributed by atoms with E-state index in [0.29, 0.717) is 0 Å². The molecule has 0 unspecified atom stereocenters. The van der Waals surface area contributed by atoms with Crippen LogP contribution in [0.2, 0.25) is 0 Å². The first kappa shape index (κ1) is 7.55. The van der Waals surface area contributed by atoms with Gasteiger partial charge in [-0.2, -0.15) is 0 Å². The van der Waals surface area contributed by atoms with E-state index in [4.69, 9.17) is 0 Å². The standard InChI is InChI=1S/C9H6BrNO/c10-8-1-2-9-7(5-8)3-4-11(9)6-12/h1-6H. The molecule has 2 rings (SSSR count). The maximum Gasteiger partial charge on any atom is 0.218 e. The first-order valence-electron chi connectivity index (χ1n) is 3.52. The summed E-state index contributed by atoms with van der Waals surface area (Å²) in [5.41, 5.74) is 0.938. The monoisotopic (exact) mass is 223 g/mol. The SMILES string of the molecule is O=Cn1ccc2cc(Br)ccc21. The Balaban J connectivity index is 2.81. The van der Waals surface area contributed by atoms with Gasteiger partial charge in [0.05, 0.1) is 5.52 Å². The predicted molar refractivity (Wildman–Crippen MR) is 51.8 cm³/mol. The van der Waals surface area contributed by atoms with E-state index in [1.165, 1.54) is 0 Å². The van der Waals surface area contributed by atoms with Crippen molar-refractivity contribution in [3.05, 3.63) is 34.9 Å². The van der Waals surface area contributed by atoms with Crippen molar-refractivity contribution >= 4 is 33.2 Å². The highest BCUT2D eigenvalue weighted by Crippen LogP contribution is 2.19. The van der Waals surface area contributed by atoms with Gasteiger partial charge in [-0.15, -0.1) is 0 Å². The lowest BCUT2D eigenvalue weighted by atomic mass is 10.2. The molecule has 0 bridgehead atoms. The number of fused-ring (bicyclic) bond motifs is 1. The zero-order chi connectivity index (χ0) is 8.55. The van der Waals surface area contributed by atoms with Gasteiger partial charge in [-0.05, 0) is 24.3 Å². The fourth-order valence-electron chi connectivity index (χ4n) is 1.23. The first-order valence-corrected chi connectivity index (χ1v) is 4.32. The van der Waals surface area contributed by atoms with Crippen LogP contribution in [0.3, 0.4) is 0 Å². The van der Waals surface area contributed by atoms with Crippen LogP contribution in [0, 0.1) is 0 Å². The molecule has 0 saturated heterocycles. The van der Waals surface area contributed by atoms with Gasteiger partial charge in [0.15, 0.2) is 0 Å². The van der Waals surface area contributed by atoms with E-state index >= 15 is 0 Å². The number of halogens is 1. The van der Waals surface area contributed by atoms with Crippen molar-refractivity contribution in [2.75, 3.05) is 0 Å². The molecule has 0 spiro atoms. The molecule has 0 aliphatic carbocycles. The lowest BCUT2D eigenvalue weighted by Gasteiger charge is -1.94. The summed E-state index contributed by atoms with van der Waals surface area (Å²) in [5, 5.41) is 1.07. The number of carbonyl (C=O) groups is 1. The quantitative estimate of drug-likeness (QED) is 0.682. The van der Waals surface area contributed by atoms with Crippen LogP contribution in [-0.2, 0) is 4.79 Å². The Hall–Kier alpha value is -1.09. The van der Waals surface area contributed by atoms with E-state index in [1.54, 1.807) is 10.8 Å². The Morgan fingerprint density at radius 1 is 1.33 bits per heavy atom. The number of hydrogen-bond acceptors (Lipinski definition) is 1. The van der Waals surface area contributed by atoms with Crippen molar-refractivity contribution in [1.82, 2.24) is 4.57 Å². The smallest absolute Gasteiger partial charge is 0.218 e. The second kappa shape index (κ2) is 2.75. The summed E-state index contributed by atoms with van der Waals surface area (Å²) in [6.45, 7) is 0. The minimum atomic E-state index is 0.802. The number of nitrogens with zero attached hydrogens (tertiary/aromatic N) is 1. The van der Waals surface area contributed by atoms with Gasteiger partial charge >= 0.3 is 0 Å². The van der Waals surface area contributed by atoms with Crippen molar-refractivity contribution in [1.29, 1.82) is 0 Å². The molecule has 0 N–H and O–H groups in total. The van der Waals surface area contributed by atoms with Crippen LogP contribution >= 0.6 is 15.9 Å². The van der Waals surface area contributed by atoms with Gasteiger partial charge in [-0.25, -0.2) is 0 Å². The average molecular weight is 224 g/mol. The van der Waals surface area contributed by atoms with E-state index in [2.05, 4.69) is 15.9 Å². The van der Waals surface area contributed by atoms with Crippen LogP contribution in [0.1, 0.15) is 0 Å². The molecular formula is C9H6BrNO. The van der Waals surface area contributed by atoms with Gasteiger partial charge in [-0.1, -0.05) is 15.9 Å². The van der Waals surface area contributed by atoms with Crippen molar-refractivity contribution < 1.29 is 4.79 Å². The van der Waals surface area contributed by atoms with E-state index in [-0.39, 0.29) is 0 Å². The van der Waals surface area contributed by atoms with Crippen LogP contribution in [0.4, 0.5) is 0 Å². The molecule has 60 valence electrons. The maximum atomic E-state index is 10.5. The van der Waals surface area contributed by atoms with E-state index in [0.717, 1.165) is 21.8 Å². The summed E-state index contributed by atoms with van der Waals surface area (Å²) >= 11 is 3.37. The van der Waals surface area contributed by atoms with E-state index < -0.39 is 0 Å².